The molecule has 0 spiro atoms. The highest BCUT2D eigenvalue weighted by Crippen LogP contribution is 2.51. The fourth-order valence-electron chi connectivity index (χ4n) is 10.4. The van der Waals surface area contributed by atoms with Gasteiger partial charge in [0, 0.05) is 39.5 Å². The van der Waals surface area contributed by atoms with E-state index in [2.05, 4.69) is 278 Å². The lowest BCUT2D eigenvalue weighted by Crippen LogP contribution is -2.14. The summed E-state index contributed by atoms with van der Waals surface area (Å²) >= 11 is 0. The van der Waals surface area contributed by atoms with E-state index in [-0.39, 0.29) is 5.41 Å². The quantitative estimate of drug-likeness (QED) is 0.126. The number of hydrogen-bond donors (Lipinski definition) is 0. The summed E-state index contributed by atoms with van der Waals surface area (Å²) in [5, 5.41) is 5.41. The van der Waals surface area contributed by atoms with Crippen LogP contribution in [0.15, 0.2) is 255 Å². The molecule has 0 saturated heterocycles. The molecule has 0 unspecified atom stereocenters. The Hall–Kier alpha value is -8.46. The van der Waals surface area contributed by atoms with Crippen molar-refractivity contribution >= 4 is 55.7 Å². The molecule has 2 heteroatoms. The van der Waals surface area contributed by atoms with Crippen molar-refractivity contribution in [1.82, 2.24) is 0 Å². The predicted molar refractivity (Wildman–Crippen MR) is 285 cm³/mol. The molecule has 318 valence electrons. The summed E-state index contributed by atoms with van der Waals surface area (Å²) in [5.74, 6) is 0. The van der Waals surface area contributed by atoms with Gasteiger partial charge in [-0.05, 0) is 156 Å². The van der Waals surface area contributed by atoms with E-state index in [0.29, 0.717) is 0 Å². The topological polar surface area (TPSA) is 6.48 Å². The molecular weight excluding hydrogens is 809 g/mol. The number of benzene rings is 11. The lowest BCUT2D eigenvalue weighted by atomic mass is 9.82. The minimum atomic E-state index is -0.0354. The summed E-state index contributed by atoms with van der Waals surface area (Å²) in [6, 6.07) is 92.7. The molecule has 0 fully saturated rings. The number of nitrogens with zero attached hydrogens (tertiary/aromatic N) is 2. The standard InChI is InChI=1S/C65H48N2/c1-65(2)61-25-13-20-52-44-60(59-24-14-26-62(65)64(59)63(52)61)51-19-12-23-58(43-51)67(53-21-10-5-11-22-53)57-41-33-50(34-42-57)49-31-39-56(40-32-49)66(54-35-27-47(28-36-54)45-15-6-3-7-16-45)55-37-29-48(30-38-55)46-17-8-4-9-18-46/h3-44H,1-2H3. The van der Waals surface area contributed by atoms with Gasteiger partial charge < -0.3 is 9.80 Å². The Bertz CT molecular complexity index is 3460. The SMILES string of the molecule is CC1(C)c2cccc3cc(-c4cccc(N(c5ccccc5)c5ccc(-c6ccc(N(c7ccc(-c8ccccc8)cc7)c7ccc(-c8ccccc8)cc7)cc6)cc5)c4)c4cccc1c4c23. The molecule has 0 heterocycles. The zero-order valence-corrected chi connectivity index (χ0v) is 37.6. The van der Waals surface area contributed by atoms with Crippen molar-refractivity contribution in [2.24, 2.45) is 0 Å². The first-order valence-corrected chi connectivity index (χ1v) is 23.2. The maximum absolute atomic E-state index is 2.40. The number of rotatable bonds is 10. The third-order valence-electron chi connectivity index (χ3n) is 13.8. The Balaban J connectivity index is 0.878. The molecule has 0 bridgehead atoms. The average molecular weight is 857 g/mol. The van der Waals surface area contributed by atoms with Crippen LogP contribution in [0, 0.1) is 0 Å². The van der Waals surface area contributed by atoms with E-state index in [9.17, 15) is 0 Å². The third-order valence-corrected chi connectivity index (χ3v) is 13.8. The third kappa shape index (κ3) is 7.15. The van der Waals surface area contributed by atoms with Gasteiger partial charge in [0.15, 0.2) is 0 Å². The zero-order chi connectivity index (χ0) is 44.9. The lowest BCUT2D eigenvalue weighted by molar-refractivity contribution is 0.663. The number of anilines is 6. The molecule has 12 rings (SSSR count). The van der Waals surface area contributed by atoms with Crippen LogP contribution in [0.3, 0.4) is 0 Å². The molecule has 0 saturated carbocycles. The summed E-state index contributed by atoms with van der Waals surface area (Å²) in [6.07, 6.45) is 0. The van der Waals surface area contributed by atoms with Crippen LogP contribution in [0.1, 0.15) is 25.0 Å². The highest BCUT2D eigenvalue weighted by Gasteiger charge is 2.34. The van der Waals surface area contributed by atoms with Crippen LogP contribution in [0.25, 0.3) is 66.1 Å². The molecule has 11 aromatic rings. The summed E-state index contributed by atoms with van der Waals surface area (Å²) in [7, 11) is 0. The van der Waals surface area contributed by atoms with E-state index in [1.54, 1.807) is 0 Å². The second kappa shape index (κ2) is 16.5. The van der Waals surface area contributed by atoms with Crippen molar-refractivity contribution in [2.75, 3.05) is 9.80 Å². The van der Waals surface area contributed by atoms with E-state index < -0.39 is 0 Å². The van der Waals surface area contributed by atoms with Crippen LogP contribution in [0.4, 0.5) is 34.1 Å². The fourth-order valence-corrected chi connectivity index (χ4v) is 10.4. The average Bonchev–Trinajstić information content (AvgIpc) is 3.64. The Morgan fingerprint density at radius 3 is 1.12 bits per heavy atom. The lowest BCUT2D eigenvalue weighted by Gasteiger charge is -2.27. The first kappa shape index (κ1) is 40.1. The van der Waals surface area contributed by atoms with Gasteiger partial charge in [-0.15, -0.1) is 0 Å². The molecule has 0 aliphatic heterocycles. The van der Waals surface area contributed by atoms with Crippen LogP contribution in [0.2, 0.25) is 0 Å². The monoisotopic (exact) mass is 856 g/mol. The van der Waals surface area contributed by atoms with E-state index >= 15 is 0 Å². The Labute approximate surface area is 393 Å². The maximum atomic E-state index is 2.40. The van der Waals surface area contributed by atoms with Crippen molar-refractivity contribution in [3.05, 3.63) is 266 Å². The molecule has 0 atom stereocenters. The van der Waals surface area contributed by atoms with Crippen LogP contribution >= 0.6 is 0 Å². The van der Waals surface area contributed by atoms with E-state index in [0.717, 1.165) is 45.3 Å². The van der Waals surface area contributed by atoms with Crippen molar-refractivity contribution in [3.8, 4) is 44.5 Å². The Kier molecular flexibility index (Phi) is 9.88. The molecular formula is C65H48N2. The highest BCUT2D eigenvalue weighted by atomic mass is 15.1. The maximum Gasteiger partial charge on any atom is 0.0467 e. The van der Waals surface area contributed by atoms with Gasteiger partial charge in [0.2, 0.25) is 0 Å². The summed E-state index contributed by atoms with van der Waals surface area (Å²) in [6.45, 7) is 4.73. The fraction of sp³-hybridized carbons (Fsp3) is 0.0462. The highest BCUT2D eigenvalue weighted by molar-refractivity contribution is 6.19. The summed E-state index contributed by atoms with van der Waals surface area (Å²) in [5.41, 5.74) is 19.0. The van der Waals surface area contributed by atoms with Crippen LogP contribution in [0.5, 0.6) is 0 Å². The molecule has 11 aromatic carbocycles. The van der Waals surface area contributed by atoms with Gasteiger partial charge in [0.05, 0.1) is 0 Å². The van der Waals surface area contributed by atoms with E-state index in [1.165, 1.54) is 66.1 Å². The minimum Gasteiger partial charge on any atom is -0.311 e. The second-order valence-electron chi connectivity index (χ2n) is 18.2. The largest absolute Gasteiger partial charge is 0.311 e. The van der Waals surface area contributed by atoms with E-state index in [1.807, 2.05) is 0 Å². The van der Waals surface area contributed by atoms with Gasteiger partial charge in [-0.2, -0.15) is 0 Å². The van der Waals surface area contributed by atoms with E-state index in [4.69, 9.17) is 0 Å². The van der Waals surface area contributed by atoms with Gasteiger partial charge in [0.1, 0.15) is 0 Å². The van der Waals surface area contributed by atoms with Crippen molar-refractivity contribution in [1.29, 1.82) is 0 Å². The number of hydrogen-bond acceptors (Lipinski definition) is 2. The molecule has 1 aliphatic rings. The van der Waals surface area contributed by atoms with Crippen molar-refractivity contribution < 1.29 is 0 Å². The second-order valence-corrected chi connectivity index (χ2v) is 18.2. The molecule has 2 nitrogen and oxygen atoms in total. The van der Waals surface area contributed by atoms with Gasteiger partial charge in [-0.25, -0.2) is 0 Å². The predicted octanol–water partition coefficient (Wildman–Crippen LogP) is 18.2. The van der Waals surface area contributed by atoms with Gasteiger partial charge in [-0.3, -0.25) is 0 Å². The van der Waals surface area contributed by atoms with Crippen molar-refractivity contribution in [3.63, 3.8) is 0 Å². The molecule has 0 N–H and O–H groups in total. The first-order valence-electron chi connectivity index (χ1n) is 23.2. The molecule has 0 aromatic heterocycles. The smallest absolute Gasteiger partial charge is 0.0467 e. The van der Waals surface area contributed by atoms with Crippen molar-refractivity contribution in [2.45, 2.75) is 19.3 Å². The molecule has 0 radical (unpaired) electrons. The summed E-state index contributed by atoms with van der Waals surface area (Å²) < 4.78 is 0. The van der Waals surface area contributed by atoms with Gasteiger partial charge >= 0.3 is 0 Å². The van der Waals surface area contributed by atoms with Crippen LogP contribution < -0.4 is 9.80 Å². The van der Waals surface area contributed by atoms with Crippen LogP contribution in [-0.2, 0) is 5.41 Å². The van der Waals surface area contributed by atoms with Crippen LogP contribution in [-0.4, -0.2) is 0 Å². The summed E-state index contributed by atoms with van der Waals surface area (Å²) in [4.78, 5) is 4.71. The molecule has 1 aliphatic carbocycles. The first-order chi connectivity index (χ1) is 33.0. The van der Waals surface area contributed by atoms with Gasteiger partial charge in [-0.1, -0.05) is 190 Å². The van der Waals surface area contributed by atoms with Gasteiger partial charge in [0.25, 0.3) is 0 Å². The minimum absolute atomic E-state index is 0.0354. The molecule has 0 amide bonds. The molecule has 67 heavy (non-hydrogen) atoms. The Morgan fingerprint density at radius 2 is 0.627 bits per heavy atom. The number of para-hydroxylation sites is 1. The Morgan fingerprint density at radius 1 is 0.269 bits per heavy atom. The normalized spacial score (nSPS) is 12.4. The zero-order valence-electron chi connectivity index (χ0n) is 37.6.